The number of hydrogen-bond donors (Lipinski definition) is 0. The Labute approximate surface area is 288 Å². The molecule has 242 valence electrons. The number of methoxy groups -OCH3 is 1. The molecule has 0 aliphatic rings. The zero-order valence-corrected chi connectivity index (χ0v) is 26.9. The van der Waals surface area contributed by atoms with Gasteiger partial charge in [0.1, 0.15) is 18.1 Å². The molecule has 0 bridgehead atoms. The molecule has 0 fully saturated rings. The molecular formula is C33H26Co2O11. The summed E-state index contributed by atoms with van der Waals surface area (Å²) in [5.74, 6) is 0.369. The van der Waals surface area contributed by atoms with E-state index in [1.807, 2.05) is 68.4 Å². The van der Waals surface area contributed by atoms with Gasteiger partial charge in [0.15, 0.2) is 0 Å². The third-order valence-corrected chi connectivity index (χ3v) is 4.97. The van der Waals surface area contributed by atoms with Crippen LogP contribution in [0.15, 0.2) is 54.6 Å². The Morgan fingerprint density at radius 2 is 1.30 bits per heavy atom. The minimum Gasteiger partial charge on any atom is 0 e. The molecule has 0 aliphatic carbocycles. The summed E-state index contributed by atoms with van der Waals surface area (Å²) in [5, 5.41) is 1.84. The maximum atomic E-state index is 11.7. The smallest absolute Gasteiger partial charge is 0 e. The van der Waals surface area contributed by atoms with Gasteiger partial charge in [0.2, 0.25) is 0 Å². The normalized spacial score (nSPS) is 8.02. The van der Waals surface area contributed by atoms with Gasteiger partial charge in [-0.05, 0) is 52.1 Å². The van der Waals surface area contributed by atoms with Gasteiger partial charge in [-0.2, -0.15) is 0 Å². The monoisotopic (exact) mass is 716 g/mol. The molecule has 0 N–H and O–H groups in total. The molecule has 0 aromatic heterocycles. The van der Waals surface area contributed by atoms with Gasteiger partial charge in [0.05, 0.1) is 13.2 Å². The quantitative estimate of drug-likeness (QED) is 0.103. The molecule has 4 radical (unpaired) electrons. The van der Waals surface area contributed by atoms with Crippen molar-refractivity contribution >= 4 is 22.7 Å². The molecular weight excluding hydrogens is 690 g/mol. The summed E-state index contributed by atoms with van der Waals surface area (Å²) in [6.45, 7) is 32.9. The van der Waals surface area contributed by atoms with Crippen LogP contribution in [0.5, 0.6) is 11.5 Å². The summed E-state index contributed by atoms with van der Waals surface area (Å²) < 4.78 is 61.2. The topological polar surface area (TPSA) is 181 Å². The molecule has 0 heterocycles. The van der Waals surface area contributed by atoms with E-state index in [9.17, 15) is 9.59 Å². The second kappa shape index (κ2) is 37.0. The van der Waals surface area contributed by atoms with Crippen molar-refractivity contribution in [3.8, 4) is 11.5 Å². The predicted molar refractivity (Wildman–Crippen MR) is 146 cm³/mol. The standard InChI is InChI=1S/C27H26O5.6CO.2Co/c1-18(2)23-15-21-13-14-25(31-17-20-9-6-5-7-10-20)22(11-8-12-27(29)30-4)24(21)16-26(23)32-19(3)28;6*1-2;;/h5-7,9-10,13-16,18H,11,17H2,1-4H3;;;;;;;;. The fourth-order valence-electron chi connectivity index (χ4n) is 3.42. The van der Waals surface area contributed by atoms with E-state index in [1.54, 1.807) is 0 Å². The number of allylic oxidation sites excluding steroid dienone is 1. The summed E-state index contributed by atoms with van der Waals surface area (Å²) in [6, 6.07) is 17.6. The molecule has 46 heavy (non-hydrogen) atoms. The first-order valence-electron chi connectivity index (χ1n) is 11.6. The fourth-order valence-corrected chi connectivity index (χ4v) is 3.42. The van der Waals surface area contributed by atoms with Crippen molar-refractivity contribution in [1.82, 2.24) is 0 Å². The van der Waals surface area contributed by atoms with E-state index in [0.717, 1.165) is 27.5 Å². The zero-order chi connectivity index (χ0) is 35.1. The number of ether oxygens (including phenoxy) is 3. The van der Waals surface area contributed by atoms with Gasteiger partial charge in [0.25, 0.3) is 0 Å². The average molecular weight is 716 g/mol. The van der Waals surface area contributed by atoms with Crippen LogP contribution < -0.4 is 9.47 Å². The maximum absolute atomic E-state index is 11.7. The van der Waals surface area contributed by atoms with E-state index in [4.69, 9.17) is 37.4 Å². The molecule has 0 unspecified atom stereocenters. The van der Waals surface area contributed by atoms with Crippen LogP contribution in [0.1, 0.15) is 43.4 Å². The van der Waals surface area contributed by atoms with Crippen molar-refractivity contribution < 1.29 is 85.3 Å². The van der Waals surface area contributed by atoms with Crippen molar-refractivity contribution in [3.63, 3.8) is 0 Å². The van der Waals surface area contributed by atoms with E-state index in [1.165, 1.54) is 14.0 Å². The van der Waals surface area contributed by atoms with E-state index < -0.39 is 5.97 Å². The molecule has 3 aromatic rings. The first-order chi connectivity index (χ1) is 21.4. The molecule has 0 aliphatic heterocycles. The minimum absolute atomic E-state index is 0. The summed E-state index contributed by atoms with van der Waals surface area (Å²) in [7, 11) is 1.29. The number of carbonyl (C=O) groups excluding carboxylic acids is 2. The fraction of sp³-hybridized carbons (Fsp3) is 0.212. The van der Waals surface area contributed by atoms with Crippen LogP contribution in [0.2, 0.25) is 0 Å². The Hall–Kier alpha value is -4.15. The number of hydrogen-bond acceptors (Lipinski definition) is 5. The third kappa shape index (κ3) is 20.7. The second-order valence-corrected chi connectivity index (χ2v) is 7.65. The Kier molecular flexibility index (Phi) is 43.8. The van der Waals surface area contributed by atoms with Gasteiger partial charge in [-0.15, -0.1) is 0 Å². The average Bonchev–Trinajstić information content (AvgIpc) is 3.09. The second-order valence-electron chi connectivity index (χ2n) is 7.65. The van der Waals surface area contributed by atoms with Crippen LogP contribution in [-0.4, -0.2) is 19.0 Å². The molecule has 0 saturated heterocycles. The predicted octanol–water partition coefficient (Wildman–Crippen LogP) is 5.12. The maximum Gasteiger partial charge on any atom is 0 e. The molecule has 13 heteroatoms. The molecule has 11 nitrogen and oxygen atoms in total. The molecule has 3 aromatic carbocycles. The van der Waals surface area contributed by atoms with Gasteiger partial charge in [-0.1, -0.05) is 50.2 Å². The first-order valence-corrected chi connectivity index (χ1v) is 11.6. The summed E-state index contributed by atoms with van der Waals surface area (Å²) >= 11 is 0. The molecule has 0 saturated carbocycles. The van der Waals surface area contributed by atoms with Gasteiger partial charge < -0.3 is 14.2 Å². The molecule has 0 atom stereocenters. The largest absolute Gasteiger partial charge is 0 e. The summed E-state index contributed by atoms with van der Waals surface area (Å²) in [5.41, 5.74) is 2.80. The summed E-state index contributed by atoms with van der Waals surface area (Å²) in [6.07, 6.45) is 5.61. The van der Waals surface area contributed by atoms with Crippen LogP contribution in [-0.2, 0) is 88.8 Å². The molecule has 3 rings (SSSR count). The summed E-state index contributed by atoms with van der Waals surface area (Å²) in [4.78, 5) is 23.2. The minimum atomic E-state index is -0.598. The van der Waals surface area contributed by atoms with E-state index >= 15 is 0 Å². The molecule has 0 spiro atoms. The zero-order valence-electron chi connectivity index (χ0n) is 24.8. The van der Waals surface area contributed by atoms with Crippen molar-refractivity contribution in [2.45, 2.75) is 39.7 Å². The number of esters is 2. The van der Waals surface area contributed by atoms with Gasteiger partial charge in [-0.3, -0.25) is 4.79 Å². The van der Waals surface area contributed by atoms with Crippen LogP contribution >= 0.6 is 0 Å². The Morgan fingerprint density at radius 3 is 1.76 bits per heavy atom. The van der Waals surface area contributed by atoms with Gasteiger partial charge >= 0.3 is 79.8 Å². The van der Waals surface area contributed by atoms with E-state index in [0.29, 0.717) is 18.1 Å². The Bertz CT molecular complexity index is 1370. The number of carbonyl (C=O) groups is 2. The van der Waals surface area contributed by atoms with Crippen molar-refractivity contribution in [2.75, 3.05) is 7.11 Å². The van der Waals surface area contributed by atoms with E-state index in [-0.39, 0.29) is 51.9 Å². The number of fused-ring (bicyclic) bond motifs is 1. The van der Waals surface area contributed by atoms with Crippen LogP contribution in [0.3, 0.4) is 0 Å². The SMILES string of the molecule is COC(=O)[C]=[C]Cc1c(OCc2ccccc2)ccc2cc(C(C)C)c(OC(C)=O)cc12.[C-]#[O+].[C-]#[O+].[C-]#[O+].[C-]#[O+].[C-]#[O+].[C-]#[O+].[Co].[Co]. The van der Waals surface area contributed by atoms with Crippen LogP contribution in [0.4, 0.5) is 0 Å². The van der Waals surface area contributed by atoms with Crippen molar-refractivity contribution in [3.05, 3.63) is 123 Å². The number of rotatable bonds is 8. The van der Waals surface area contributed by atoms with Gasteiger partial charge in [-0.25, -0.2) is 4.79 Å². The molecule has 0 amide bonds. The number of benzene rings is 3. The van der Waals surface area contributed by atoms with Crippen molar-refractivity contribution in [1.29, 1.82) is 0 Å². The van der Waals surface area contributed by atoms with Crippen molar-refractivity contribution in [2.24, 2.45) is 0 Å². The van der Waals surface area contributed by atoms with Crippen LogP contribution in [0.25, 0.3) is 10.8 Å². The Balaban J connectivity index is -0.000000256. The van der Waals surface area contributed by atoms with Crippen LogP contribution in [0, 0.1) is 52.1 Å². The van der Waals surface area contributed by atoms with Gasteiger partial charge in [0, 0.05) is 52.5 Å². The van der Waals surface area contributed by atoms with E-state index in [2.05, 4.69) is 56.8 Å². The Morgan fingerprint density at radius 1 is 0.783 bits per heavy atom. The first kappa shape index (κ1) is 54.3. The third-order valence-electron chi connectivity index (χ3n) is 4.97.